The van der Waals surface area contributed by atoms with Crippen molar-refractivity contribution in [2.24, 2.45) is 4.99 Å². The summed E-state index contributed by atoms with van der Waals surface area (Å²) in [6.45, 7) is 10.3. The largest absolute Gasteiger partial charge is 0.354 e. The lowest BCUT2D eigenvalue weighted by atomic mass is 10.4. The van der Waals surface area contributed by atoms with Gasteiger partial charge in [-0.05, 0) is 34.6 Å². The minimum Gasteiger partial charge on any atom is -0.354 e. The maximum Gasteiger partial charge on any atom is 0.198 e. The molecule has 0 amide bonds. The molecule has 1 rings (SSSR count). The second-order valence-corrected chi connectivity index (χ2v) is 5.51. The number of thiazole rings is 1. The van der Waals surface area contributed by atoms with Crippen molar-refractivity contribution < 1.29 is 0 Å². The molecule has 90 valence electrons. The summed E-state index contributed by atoms with van der Waals surface area (Å²) in [5.41, 5.74) is 0. The Kier molecular flexibility index (Phi) is 4.73. The number of hydrogen-bond donors (Lipinski definition) is 2. The van der Waals surface area contributed by atoms with E-state index in [9.17, 15) is 0 Å². The fourth-order valence-electron chi connectivity index (χ4n) is 1.15. The molecule has 0 saturated carbocycles. The number of aryl methyl sites for hydroxylation is 1. The normalized spacial score (nSPS) is 12.3. The number of aliphatic imine (C=N–C) groups is 1. The molecule has 16 heavy (non-hydrogen) atoms. The van der Waals surface area contributed by atoms with Crippen LogP contribution in [0.4, 0.5) is 5.13 Å². The SMILES string of the molecule is Cc1cnc(NC(=NC(C)C)NC(C)C)s1. The number of anilines is 1. The predicted molar refractivity (Wildman–Crippen MR) is 71.3 cm³/mol. The zero-order valence-corrected chi connectivity index (χ0v) is 11.4. The molecule has 0 fully saturated rings. The van der Waals surface area contributed by atoms with E-state index in [-0.39, 0.29) is 6.04 Å². The highest BCUT2D eigenvalue weighted by Gasteiger charge is 2.05. The van der Waals surface area contributed by atoms with Crippen LogP contribution in [0.1, 0.15) is 32.6 Å². The van der Waals surface area contributed by atoms with Crippen molar-refractivity contribution in [2.45, 2.75) is 46.7 Å². The number of rotatable bonds is 3. The van der Waals surface area contributed by atoms with Gasteiger partial charge >= 0.3 is 0 Å². The highest BCUT2D eigenvalue weighted by Crippen LogP contribution is 2.16. The summed E-state index contributed by atoms with van der Waals surface area (Å²) < 4.78 is 0. The second kappa shape index (κ2) is 5.84. The fourth-order valence-corrected chi connectivity index (χ4v) is 1.81. The lowest BCUT2D eigenvalue weighted by molar-refractivity contribution is 0.717. The Morgan fingerprint density at radius 2 is 2.06 bits per heavy atom. The first kappa shape index (κ1) is 13.0. The van der Waals surface area contributed by atoms with E-state index in [1.165, 1.54) is 4.88 Å². The third kappa shape index (κ3) is 4.61. The van der Waals surface area contributed by atoms with Gasteiger partial charge in [0.25, 0.3) is 0 Å². The minimum atomic E-state index is 0.259. The third-order valence-corrected chi connectivity index (χ3v) is 2.49. The van der Waals surface area contributed by atoms with Gasteiger partial charge in [-0.3, -0.25) is 4.99 Å². The molecule has 1 aromatic rings. The van der Waals surface area contributed by atoms with E-state index >= 15 is 0 Å². The Labute approximate surface area is 101 Å². The molecular formula is C11H20N4S. The average Bonchev–Trinajstić information content (AvgIpc) is 2.48. The fraction of sp³-hybridized carbons (Fsp3) is 0.636. The van der Waals surface area contributed by atoms with Crippen LogP contribution in [0.3, 0.4) is 0 Å². The first-order valence-electron chi connectivity index (χ1n) is 5.51. The van der Waals surface area contributed by atoms with Gasteiger partial charge < -0.3 is 10.6 Å². The lowest BCUT2D eigenvalue weighted by Crippen LogP contribution is -2.36. The predicted octanol–water partition coefficient (Wildman–Crippen LogP) is 2.63. The topological polar surface area (TPSA) is 49.3 Å². The van der Waals surface area contributed by atoms with Crippen LogP contribution in [0, 0.1) is 6.92 Å². The minimum absolute atomic E-state index is 0.259. The Morgan fingerprint density at radius 3 is 2.50 bits per heavy atom. The smallest absolute Gasteiger partial charge is 0.198 e. The van der Waals surface area contributed by atoms with E-state index in [2.05, 4.69) is 48.3 Å². The molecule has 0 atom stereocenters. The Balaban J connectivity index is 2.70. The van der Waals surface area contributed by atoms with Crippen molar-refractivity contribution in [3.05, 3.63) is 11.1 Å². The molecule has 1 heterocycles. The van der Waals surface area contributed by atoms with Gasteiger partial charge in [-0.25, -0.2) is 4.98 Å². The Bertz CT molecular complexity index is 355. The van der Waals surface area contributed by atoms with Gasteiger partial charge in [0.05, 0.1) is 0 Å². The number of aromatic nitrogens is 1. The maximum absolute atomic E-state index is 4.48. The zero-order chi connectivity index (χ0) is 12.1. The quantitative estimate of drug-likeness (QED) is 0.631. The molecule has 1 aromatic heterocycles. The molecule has 0 aliphatic rings. The number of guanidine groups is 1. The summed E-state index contributed by atoms with van der Waals surface area (Å²) in [6, 6.07) is 0.612. The molecule has 0 unspecified atom stereocenters. The molecule has 4 nitrogen and oxygen atoms in total. The van der Waals surface area contributed by atoms with Crippen molar-refractivity contribution in [3.8, 4) is 0 Å². The van der Waals surface area contributed by atoms with Gasteiger partial charge in [0.15, 0.2) is 11.1 Å². The van der Waals surface area contributed by atoms with Crippen molar-refractivity contribution in [1.82, 2.24) is 10.3 Å². The lowest BCUT2D eigenvalue weighted by Gasteiger charge is -2.14. The summed E-state index contributed by atoms with van der Waals surface area (Å²) >= 11 is 1.63. The third-order valence-electron chi connectivity index (χ3n) is 1.66. The van der Waals surface area contributed by atoms with Crippen LogP contribution >= 0.6 is 11.3 Å². The molecule has 0 aromatic carbocycles. The van der Waals surface area contributed by atoms with Crippen molar-refractivity contribution >= 4 is 22.4 Å². The molecule has 2 N–H and O–H groups in total. The zero-order valence-electron chi connectivity index (χ0n) is 10.5. The van der Waals surface area contributed by atoms with Gasteiger partial charge in [0, 0.05) is 23.2 Å². The molecule has 0 bridgehead atoms. The monoisotopic (exact) mass is 240 g/mol. The Morgan fingerprint density at radius 1 is 1.38 bits per heavy atom. The summed E-state index contributed by atoms with van der Waals surface area (Å²) in [5, 5.41) is 7.36. The van der Waals surface area contributed by atoms with Gasteiger partial charge in [0.1, 0.15) is 0 Å². The molecule has 0 saturated heterocycles. The molecule has 5 heteroatoms. The van der Waals surface area contributed by atoms with E-state index in [1.54, 1.807) is 11.3 Å². The summed E-state index contributed by atoms with van der Waals surface area (Å²) in [6.07, 6.45) is 1.86. The Hall–Kier alpha value is -1.10. The van der Waals surface area contributed by atoms with E-state index in [4.69, 9.17) is 0 Å². The molecule has 0 aliphatic heterocycles. The summed E-state index contributed by atoms with van der Waals surface area (Å²) in [4.78, 5) is 9.93. The van der Waals surface area contributed by atoms with Crippen molar-refractivity contribution in [1.29, 1.82) is 0 Å². The maximum atomic E-state index is 4.48. The van der Waals surface area contributed by atoms with E-state index in [0.29, 0.717) is 6.04 Å². The van der Waals surface area contributed by atoms with Crippen LogP contribution in [-0.4, -0.2) is 23.0 Å². The number of hydrogen-bond acceptors (Lipinski definition) is 3. The standard InChI is InChI=1S/C11H20N4S/c1-7(2)13-10(14-8(3)4)15-11-12-6-9(5)16-11/h6-8H,1-5H3,(H2,12,13,14,15). The molecule has 0 aliphatic carbocycles. The van der Waals surface area contributed by atoms with Crippen LogP contribution in [0.2, 0.25) is 0 Å². The van der Waals surface area contributed by atoms with Crippen LogP contribution < -0.4 is 10.6 Å². The molecule has 0 radical (unpaired) electrons. The van der Waals surface area contributed by atoms with Gasteiger partial charge in [-0.1, -0.05) is 0 Å². The summed E-state index contributed by atoms with van der Waals surface area (Å²) in [5.74, 6) is 0.791. The average molecular weight is 240 g/mol. The highest BCUT2D eigenvalue weighted by molar-refractivity contribution is 7.15. The van der Waals surface area contributed by atoms with Gasteiger partial charge in [-0.15, -0.1) is 11.3 Å². The summed E-state index contributed by atoms with van der Waals surface area (Å²) in [7, 11) is 0. The molecular weight excluding hydrogens is 220 g/mol. The highest BCUT2D eigenvalue weighted by atomic mass is 32.1. The molecule has 0 spiro atoms. The van der Waals surface area contributed by atoms with E-state index in [0.717, 1.165) is 11.1 Å². The van der Waals surface area contributed by atoms with Crippen LogP contribution in [0.15, 0.2) is 11.2 Å². The second-order valence-electron chi connectivity index (χ2n) is 4.27. The first-order chi connectivity index (χ1) is 7.47. The van der Waals surface area contributed by atoms with E-state index in [1.807, 2.05) is 13.1 Å². The van der Waals surface area contributed by atoms with Gasteiger partial charge in [0.2, 0.25) is 0 Å². The van der Waals surface area contributed by atoms with Crippen molar-refractivity contribution in [2.75, 3.05) is 5.32 Å². The van der Waals surface area contributed by atoms with E-state index < -0.39 is 0 Å². The number of nitrogens with zero attached hydrogens (tertiary/aromatic N) is 2. The van der Waals surface area contributed by atoms with Crippen molar-refractivity contribution in [3.63, 3.8) is 0 Å². The number of nitrogens with one attached hydrogen (secondary N) is 2. The van der Waals surface area contributed by atoms with Crippen LogP contribution in [0.25, 0.3) is 0 Å². The first-order valence-corrected chi connectivity index (χ1v) is 6.33. The van der Waals surface area contributed by atoms with Gasteiger partial charge in [-0.2, -0.15) is 0 Å². The van der Waals surface area contributed by atoms with Crippen LogP contribution in [0.5, 0.6) is 0 Å². The van der Waals surface area contributed by atoms with Crippen LogP contribution in [-0.2, 0) is 0 Å².